The second-order valence-electron chi connectivity index (χ2n) is 3.61. The van der Waals surface area contributed by atoms with E-state index in [1.54, 1.807) is 18.2 Å². The predicted molar refractivity (Wildman–Crippen MR) is 68.1 cm³/mol. The van der Waals surface area contributed by atoms with Gasteiger partial charge in [0.15, 0.2) is 11.6 Å². The second-order valence-corrected chi connectivity index (χ2v) is 3.61. The highest BCUT2D eigenvalue weighted by molar-refractivity contribution is 5.72. The summed E-state index contributed by atoms with van der Waals surface area (Å²) in [5.41, 5.74) is 0.845. The van der Waals surface area contributed by atoms with Crippen molar-refractivity contribution in [3.8, 4) is 17.0 Å². The highest BCUT2D eigenvalue weighted by atomic mass is 19.1. The molecule has 0 saturated carbocycles. The smallest absolute Gasteiger partial charge is 0.187 e. The number of rotatable bonds is 4. The first-order valence-corrected chi connectivity index (χ1v) is 5.65. The quantitative estimate of drug-likeness (QED) is 0.902. The number of benzene rings is 1. The van der Waals surface area contributed by atoms with Gasteiger partial charge in [0.05, 0.1) is 7.11 Å². The van der Waals surface area contributed by atoms with E-state index >= 15 is 0 Å². The van der Waals surface area contributed by atoms with Crippen LogP contribution in [0, 0.1) is 5.82 Å². The lowest BCUT2D eigenvalue weighted by atomic mass is 10.1. The van der Waals surface area contributed by atoms with Gasteiger partial charge < -0.3 is 10.1 Å². The maximum Gasteiger partial charge on any atom is 0.187 e. The minimum absolute atomic E-state index is 0.336. The highest BCUT2D eigenvalue weighted by Gasteiger charge is 2.15. The van der Waals surface area contributed by atoms with Crippen molar-refractivity contribution in [2.24, 2.45) is 0 Å². The molecule has 1 aromatic carbocycles. The van der Waals surface area contributed by atoms with Gasteiger partial charge in [0.25, 0.3) is 0 Å². The van der Waals surface area contributed by atoms with Gasteiger partial charge >= 0.3 is 0 Å². The number of hydrogen-bond donors (Lipinski definition) is 1. The monoisotopic (exact) mass is 247 g/mol. The Labute approximate surface area is 105 Å². The molecule has 1 aromatic heterocycles. The fraction of sp³-hybridized carbons (Fsp3) is 0.231. The van der Waals surface area contributed by atoms with E-state index in [4.69, 9.17) is 4.74 Å². The molecule has 0 bridgehead atoms. The molecule has 2 rings (SSSR count). The third-order valence-electron chi connectivity index (χ3n) is 2.48. The maximum absolute atomic E-state index is 13.8. The van der Waals surface area contributed by atoms with Crippen molar-refractivity contribution in [2.45, 2.75) is 6.92 Å². The van der Waals surface area contributed by atoms with E-state index in [0.717, 1.165) is 0 Å². The maximum atomic E-state index is 13.8. The molecule has 0 aliphatic heterocycles. The average molecular weight is 247 g/mol. The summed E-state index contributed by atoms with van der Waals surface area (Å²) >= 11 is 0. The highest BCUT2D eigenvalue weighted by Crippen LogP contribution is 2.33. The van der Waals surface area contributed by atoms with Crippen molar-refractivity contribution >= 4 is 5.82 Å². The van der Waals surface area contributed by atoms with Crippen LogP contribution in [0.15, 0.2) is 30.6 Å². The molecule has 0 aliphatic rings. The molecule has 18 heavy (non-hydrogen) atoms. The van der Waals surface area contributed by atoms with Crippen molar-refractivity contribution in [1.29, 1.82) is 0 Å². The first-order valence-electron chi connectivity index (χ1n) is 5.65. The summed E-state index contributed by atoms with van der Waals surface area (Å²) in [6.07, 6.45) is 1.39. The van der Waals surface area contributed by atoms with E-state index in [1.165, 1.54) is 19.5 Å². The van der Waals surface area contributed by atoms with Crippen LogP contribution < -0.4 is 10.1 Å². The first-order chi connectivity index (χ1) is 8.77. The molecule has 1 N–H and O–H groups in total. The molecule has 0 aliphatic carbocycles. The number of halogens is 1. The Balaban J connectivity index is 2.57. The van der Waals surface area contributed by atoms with E-state index in [1.807, 2.05) is 6.92 Å². The molecule has 0 radical (unpaired) electrons. The van der Waals surface area contributed by atoms with Gasteiger partial charge in [0.2, 0.25) is 0 Å². The van der Waals surface area contributed by atoms with Crippen LogP contribution in [0.4, 0.5) is 10.2 Å². The lowest BCUT2D eigenvalue weighted by Gasteiger charge is -2.12. The number of anilines is 1. The third-order valence-corrected chi connectivity index (χ3v) is 2.48. The van der Waals surface area contributed by atoms with Crippen molar-refractivity contribution in [3.05, 3.63) is 36.4 Å². The number of aromatic nitrogens is 2. The van der Waals surface area contributed by atoms with E-state index in [2.05, 4.69) is 15.3 Å². The Kier molecular flexibility index (Phi) is 3.72. The Hall–Kier alpha value is -2.17. The zero-order chi connectivity index (χ0) is 13.0. The fourth-order valence-corrected chi connectivity index (χ4v) is 1.71. The number of hydrogen-bond acceptors (Lipinski definition) is 4. The number of ether oxygens (including phenoxy) is 1. The summed E-state index contributed by atoms with van der Waals surface area (Å²) in [6, 6.07) is 6.45. The van der Waals surface area contributed by atoms with Gasteiger partial charge in [-0.1, -0.05) is 12.1 Å². The van der Waals surface area contributed by atoms with E-state index in [0.29, 0.717) is 29.4 Å². The topological polar surface area (TPSA) is 47.0 Å². The van der Waals surface area contributed by atoms with Gasteiger partial charge in [0, 0.05) is 12.1 Å². The van der Waals surface area contributed by atoms with Crippen molar-refractivity contribution in [1.82, 2.24) is 9.97 Å². The largest absolute Gasteiger partial charge is 0.491 e. The molecule has 0 fully saturated rings. The van der Waals surface area contributed by atoms with Crippen LogP contribution in [0.1, 0.15) is 6.92 Å². The third kappa shape index (κ3) is 2.25. The summed E-state index contributed by atoms with van der Waals surface area (Å²) in [7, 11) is 1.52. The Bertz CT molecular complexity index is 546. The van der Waals surface area contributed by atoms with Gasteiger partial charge in [-0.3, -0.25) is 0 Å². The van der Waals surface area contributed by atoms with Crippen molar-refractivity contribution in [2.75, 3.05) is 19.0 Å². The molecule has 2 aromatic rings. The normalized spacial score (nSPS) is 10.2. The van der Waals surface area contributed by atoms with Gasteiger partial charge in [-0.25, -0.2) is 14.4 Å². The van der Waals surface area contributed by atoms with Crippen LogP contribution in [0.25, 0.3) is 11.3 Å². The molecule has 1 heterocycles. The molecule has 0 atom stereocenters. The first kappa shape index (κ1) is 12.3. The molecular formula is C13H14FN3O. The Morgan fingerprint density at radius 1 is 1.28 bits per heavy atom. The number of methoxy groups -OCH3 is 1. The predicted octanol–water partition coefficient (Wildman–Crippen LogP) is 2.72. The number of nitrogens with zero attached hydrogens (tertiary/aromatic N) is 2. The van der Waals surface area contributed by atoms with Crippen LogP contribution in [0.2, 0.25) is 0 Å². The summed E-state index contributed by atoms with van der Waals surface area (Å²) in [5, 5.41) is 3.06. The van der Waals surface area contributed by atoms with Gasteiger partial charge in [-0.05, 0) is 19.1 Å². The van der Waals surface area contributed by atoms with Gasteiger partial charge in [0.1, 0.15) is 17.8 Å². The van der Waals surface area contributed by atoms with Crippen molar-refractivity contribution < 1.29 is 9.13 Å². The Morgan fingerprint density at radius 2 is 2.06 bits per heavy atom. The van der Waals surface area contributed by atoms with E-state index in [9.17, 15) is 4.39 Å². The SMILES string of the molecule is CCNc1ncnc(-c2ccccc2F)c1OC. The fourth-order valence-electron chi connectivity index (χ4n) is 1.71. The van der Waals surface area contributed by atoms with E-state index in [-0.39, 0.29) is 5.82 Å². The van der Waals surface area contributed by atoms with Crippen LogP contribution in [0.5, 0.6) is 5.75 Å². The zero-order valence-corrected chi connectivity index (χ0v) is 10.3. The van der Waals surface area contributed by atoms with E-state index < -0.39 is 0 Å². The summed E-state index contributed by atoms with van der Waals surface area (Å²) in [5.74, 6) is 0.676. The number of nitrogens with one attached hydrogen (secondary N) is 1. The zero-order valence-electron chi connectivity index (χ0n) is 10.3. The summed E-state index contributed by atoms with van der Waals surface area (Å²) in [6.45, 7) is 2.65. The lowest BCUT2D eigenvalue weighted by molar-refractivity contribution is 0.414. The molecule has 5 heteroatoms. The van der Waals surface area contributed by atoms with Crippen LogP contribution in [-0.4, -0.2) is 23.6 Å². The summed E-state index contributed by atoms with van der Waals surface area (Å²) in [4.78, 5) is 8.19. The molecule has 94 valence electrons. The van der Waals surface area contributed by atoms with Gasteiger partial charge in [-0.2, -0.15) is 0 Å². The minimum atomic E-state index is -0.336. The Morgan fingerprint density at radius 3 is 2.72 bits per heavy atom. The average Bonchev–Trinajstić information content (AvgIpc) is 2.39. The molecule has 0 amide bonds. The van der Waals surface area contributed by atoms with Crippen LogP contribution in [0.3, 0.4) is 0 Å². The minimum Gasteiger partial charge on any atom is -0.491 e. The molecule has 0 unspecified atom stereocenters. The summed E-state index contributed by atoms with van der Waals surface area (Å²) < 4.78 is 19.1. The molecule has 0 spiro atoms. The van der Waals surface area contributed by atoms with Gasteiger partial charge in [-0.15, -0.1) is 0 Å². The second kappa shape index (κ2) is 5.44. The standard InChI is InChI=1S/C13H14FN3O/c1-3-15-13-12(18-2)11(16-8-17-13)9-6-4-5-7-10(9)14/h4-8H,3H2,1-2H3,(H,15,16,17). The lowest BCUT2D eigenvalue weighted by Crippen LogP contribution is -2.04. The molecule has 4 nitrogen and oxygen atoms in total. The van der Waals surface area contributed by atoms with Crippen molar-refractivity contribution in [3.63, 3.8) is 0 Å². The van der Waals surface area contributed by atoms with Crippen LogP contribution >= 0.6 is 0 Å². The molecular weight excluding hydrogens is 233 g/mol. The molecule has 0 saturated heterocycles. The van der Waals surface area contributed by atoms with Crippen LogP contribution in [-0.2, 0) is 0 Å².